The highest BCUT2D eigenvalue weighted by molar-refractivity contribution is 5.95. The Morgan fingerprint density at radius 1 is 1.29 bits per heavy atom. The van der Waals surface area contributed by atoms with Crippen molar-refractivity contribution < 1.29 is 23.5 Å². The summed E-state index contributed by atoms with van der Waals surface area (Å²) in [6, 6.07) is 6.24. The molecule has 220 valence electrons. The van der Waals surface area contributed by atoms with Crippen LogP contribution < -0.4 is 15.4 Å². The highest BCUT2D eigenvalue weighted by Crippen LogP contribution is 2.45. The molecule has 1 aliphatic carbocycles. The zero-order valence-electron chi connectivity index (χ0n) is 23.6. The first-order chi connectivity index (χ1) is 19.8. The number of hydrogen-bond acceptors (Lipinski definition) is 9. The lowest BCUT2D eigenvalue weighted by atomic mass is 9.70. The number of nitrogens with one attached hydrogen (secondary N) is 2. The summed E-state index contributed by atoms with van der Waals surface area (Å²) < 4.78 is 26.6. The number of hydrogen-bond donors (Lipinski definition) is 2. The summed E-state index contributed by atoms with van der Waals surface area (Å²) in [5.41, 5.74) is -0.177. The van der Waals surface area contributed by atoms with Crippen molar-refractivity contribution in [3.05, 3.63) is 42.2 Å². The first-order valence-corrected chi connectivity index (χ1v) is 14.7. The number of likely N-dealkylation sites (tertiary alicyclic amines) is 1. The van der Waals surface area contributed by atoms with E-state index in [1.807, 2.05) is 0 Å². The number of likely N-dealkylation sites (N-methyl/N-ethyl adjacent to an activating group) is 1. The van der Waals surface area contributed by atoms with Gasteiger partial charge in [-0.15, -0.1) is 0 Å². The van der Waals surface area contributed by atoms with E-state index in [-0.39, 0.29) is 42.1 Å². The lowest BCUT2D eigenvalue weighted by Crippen LogP contribution is -2.75. The molecule has 1 aromatic rings. The SMILES string of the molecule is C=CC(=O)N1CCN(C2NC(OCC3CCCN3C)NC3C(=O)[C@]4(CCC32)Cc2ccc(F)cc2O4)CC1CC#N. The number of rotatable bonds is 6. The Morgan fingerprint density at radius 3 is 2.90 bits per heavy atom. The molecule has 7 atom stereocenters. The summed E-state index contributed by atoms with van der Waals surface area (Å²) in [4.78, 5) is 33.1. The van der Waals surface area contributed by atoms with Crippen LogP contribution >= 0.6 is 0 Å². The summed E-state index contributed by atoms with van der Waals surface area (Å²) in [5, 5.41) is 16.6. The van der Waals surface area contributed by atoms with Gasteiger partial charge in [-0.05, 0) is 57.0 Å². The number of nitrogens with zero attached hydrogens (tertiary/aromatic N) is 4. The summed E-state index contributed by atoms with van der Waals surface area (Å²) in [6.07, 6.45) is 4.63. The Hall–Kier alpha value is -2.88. The van der Waals surface area contributed by atoms with Crippen molar-refractivity contribution in [2.75, 3.05) is 39.8 Å². The van der Waals surface area contributed by atoms with E-state index in [4.69, 9.17) is 9.47 Å². The molecule has 0 aromatic heterocycles. The van der Waals surface area contributed by atoms with E-state index < -0.39 is 18.0 Å². The average molecular weight is 567 g/mol. The number of halogens is 1. The number of Topliss-reactive ketones (excluding diaryl/α,β-unsaturated/α-hetero) is 1. The second-order valence-electron chi connectivity index (χ2n) is 12.1. The van der Waals surface area contributed by atoms with Crippen molar-refractivity contribution in [1.82, 2.24) is 25.3 Å². The summed E-state index contributed by atoms with van der Waals surface area (Å²) >= 11 is 0. The molecule has 6 unspecified atom stereocenters. The van der Waals surface area contributed by atoms with E-state index in [1.165, 1.54) is 18.2 Å². The first-order valence-electron chi connectivity index (χ1n) is 14.7. The summed E-state index contributed by atoms with van der Waals surface area (Å²) in [5.74, 6) is -0.213. The van der Waals surface area contributed by atoms with Crippen LogP contribution in [0.2, 0.25) is 0 Å². The molecule has 0 radical (unpaired) electrons. The number of piperazine rings is 1. The Morgan fingerprint density at radius 2 is 2.15 bits per heavy atom. The monoisotopic (exact) mass is 566 g/mol. The van der Waals surface area contributed by atoms with Gasteiger partial charge >= 0.3 is 0 Å². The fraction of sp³-hybridized carbons (Fsp3) is 0.633. The minimum absolute atomic E-state index is 0.0301. The summed E-state index contributed by atoms with van der Waals surface area (Å²) in [6.45, 7) is 6.78. The van der Waals surface area contributed by atoms with Crippen LogP contribution in [0.4, 0.5) is 4.39 Å². The van der Waals surface area contributed by atoms with Crippen molar-refractivity contribution in [2.45, 2.75) is 74.8 Å². The van der Waals surface area contributed by atoms with Crippen molar-refractivity contribution in [3.8, 4) is 11.8 Å². The van der Waals surface area contributed by atoms with E-state index in [0.29, 0.717) is 57.3 Å². The van der Waals surface area contributed by atoms with Gasteiger partial charge in [-0.1, -0.05) is 12.6 Å². The maximum absolute atomic E-state index is 14.3. The van der Waals surface area contributed by atoms with Crippen molar-refractivity contribution in [3.63, 3.8) is 0 Å². The molecule has 1 spiro atoms. The first kappa shape index (κ1) is 28.2. The van der Waals surface area contributed by atoms with E-state index in [9.17, 15) is 19.2 Å². The van der Waals surface area contributed by atoms with Crippen LogP contribution in [-0.4, -0.2) is 102 Å². The van der Waals surface area contributed by atoms with Crippen molar-refractivity contribution in [2.24, 2.45) is 5.92 Å². The molecule has 2 N–H and O–H groups in total. The zero-order chi connectivity index (χ0) is 28.7. The number of carbonyl (C=O) groups is 2. The van der Waals surface area contributed by atoms with Gasteiger partial charge in [0.25, 0.3) is 0 Å². The van der Waals surface area contributed by atoms with Crippen molar-refractivity contribution >= 4 is 11.7 Å². The number of ketones is 1. The molecule has 3 saturated heterocycles. The minimum atomic E-state index is -1.03. The largest absolute Gasteiger partial charge is 0.479 e. The second kappa shape index (κ2) is 11.4. The van der Waals surface area contributed by atoms with Gasteiger partial charge in [0.05, 0.1) is 37.3 Å². The van der Waals surface area contributed by atoms with Crippen LogP contribution in [0, 0.1) is 23.1 Å². The van der Waals surface area contributed by atoms with Crippen molar-refractivity contribution in [1.29, 1.82) is 5.26 Å². The second-order valence-corrected chi connectivity index (χ2v) is 12.1. The molecule has 4 heterocycles. The van der Waals surface area contributed by atoms with E-state index >= 15 is 0 Å². The van der Waals surface area contributed by atoms with Crippen LogP contribution in [0.15, 0.2) is 30.9 Å². The molecule has 6 rings (SSSR count). The highest BCUT2D eigenvalue weighted by Gasteiger charge is 2.58. The predicted molar refractivity (Wildman–Crippen MR) is 148 cm³/mol. The number of nitriles is 1. The molecule has 4 fully saturated rings. The molecule has 1 saturated carbocycles. The molecular weight excluding hydrogens is 527 g/mol. The van der Waals surface area contributed by atoms with Crippen LogP contribution in [-0.2, 0) is 20.7 Å². The van der Waals surface area contributed by atoms with Gasteiger partial charge in [0.2, 0.25) is 5.91 Å². The van der Waals surface area contributed by atoms with Gasteiger partial charge in [-0.3, -0.25) is 25.1 Å². The lowest BCUT2D eigenvalue weighted by Gasteiger charge is -2.53. The van der Waals surface area contributed by atoms with Gasteiger partial charge in [0.1, 0.15) is 11.6 Å². The molecule has 41 heavy (non-hydrogen) atoms. The number of ether oxygens (including phenoxy) is 2. The van der Waals surface area contributed by atoms with Gasteiger partial charge in [0, 0.05) is 44.1 Å². The number of benzene rings is 1. The number of amides is 1. The Bertz CT molecular complexity index is 1240. The molecule has 5 aliphatic rings. The predicted octanol–water partition coefficient (Wildman–Crippen LogP) is 1.37. The van der Waals surface area contributed by atoms with Crippen LogP contribution in [0.3, 0.4) is 0 Å². The highest BCUT2D eigenvalue weighted by atomic mass is 19.1. The van der Waals surface area contributed by atoms with Crippen LogP contribution in [0.5, 0.6) is 5.75 Å². The number of carbonyl (C=O) groups excluding carboxylic acids is 2. The maximum atomic E-state index is 14.3. The average Bonchev–Trinajstić information content (AvgIpc) is 3.56. The molecule has 11 heteroatoms. The Balaban J connectivity index is 1.24. The Labute approximate surface area is 240 Å². The third-order valence-electron chi connectivity index (χ3n) is 9.73. The standard InChI is InChI=1S/C30H39FN6O4/c1-3-25(38)37-14-13-36(17-21(37)9-11-32)28-23-8-10-30(16-19-6-7-20(31)15-24(19)41-30)27(39)26(23)33-29(34-28)40-18-22-5-4-12-35(22)2/h3,6-7,15,21-23,26,28-29,33-34H,1,4-5,8-10,12-14,16-18H2,2H3/t21?,22?,23?,26?,28?,29?,30-/m0/s1. The van der Waals surface area contributed by atoms with Gasteiger partial charge < -0.3 is 19.3 Å². The van der Waals surface area contributed by atoms with E-state index in [0.717, 1.165) is 24.9 Å². The Kier molecular flexibility index (Phi) is 7.87. The maximum Gasteiger partial charge on any atom is 0.246 e. The molecule has 0 bridgehead atoms. The minimum Gasteiger partial charge on any atom is -0.479 e. The third kappa shape index (κ3) is 5.28. The fourth-order valence-electron chi connectivity index (χ4n) is 7.49. The molecule has 1 aromatic carbocycles. The van der Waals surface area contributed by atoms with Crippen LogP contribution in [0.1, 0.15) is 37.7 Å². The number of fused-ring (bicyclic) bond motifs is 2. The molecule has 4 aliphatic heterocycles. The van der Waals surface area contributed by atoms with Crippen LogP contribution in [0.25, 0.3) is 0 Å². The normalized spacial score (nSPS) is 35.5. The molecule has 1 amide bonds. The smallest absolute Gasteiger partial charge is 0.246 e. The topological polar surface area (TPSA) is 110 Å². The zero-order valence-corrected chi connectivity index (χ0v) is 23.6. The van der Waals surface area contributed by atoms with E-state index in [2.05, 4.69) is 40.1 Å². The van der Waals surface area contributed by atoms with E-state index in [1.54, 1.807) is 11.0 Å². The molecular formula is C30H39FN6O4. The lowest BCUT2D eigenvalue weighted by molar-refractivity contribution is -0.157. The van der Waals surface area contributed by atoms with Gasteiger partial charge in [0.15, 0.2) is 17.7 Å². The van der Waals surface area contributed by atoms with Gasteiger partial charge in [-0.2, -0.15) is 5.26 Å². The third-order valence-corrected chi connectivity index (χ3v) is 9.73. The summed E-state index contributed by atoms with van der Waals surface area (Å²) in [7, 11) is 2.10. The fourth-order valence-corrected chi connectivity index (χ4v) is 7.49. The van der Waals surface area contributed by atoms with Gasteiger partial charge in [-0.25, -0.2) is 4.39 Å². The quantitative estimate of drug-likeness (QED) is 0.494. The molecule has 10 nitrogen and oxygen atoms in total.